The average molecular weight is 306 g/mol. The van der Waals surface area contributed by atoms with Crippen LogP contribution in [-0.2, 0) is 6.42 Å². The number of alkyl halides is 1. The Kier molecular flexibility index (Phi) is 5.63. The van der Waals surface area contributed by atoms with Crippen LogP contribution < -0.4 is 10.6 Å². The number of anilines is 1. The van der Waals surface area contributed by atoms with Crippen molar-refractivity contribution in [3.05, 3.63) is 28.2 Å². The number of hydrogen-bond acceptors (Lipinski definition) is 1. The summed E-state index contributed by atoms with van der Waals surface area (Å²) in [7, 11) is 0. The lowest BCUT2D eigenvalue weighted by Crippen LogP contribution is -2.30. The van der Waals surface area contributed by atoms with Crippen LogP contribution in [0.4, 0.5) is 10.5 Å². The third kappa shape index (κ3) is 4.02. The minimum atomic E-state index is -0.224. The zero-order valence-electron chi connectivity index (χ0n) is 9.02. The summed E-state index contributed by atoms with van der Waals surface area (Å²) in [6, 6.07) is 5.55. The summed E-state index contributed by atoms with van der Waals surface area (Å²) in [6.07, 6.45) is 0.866. The van der Waals surface area contributed by atoms with Crippen LogP contribution in [0.25, 0.3) is 0 Å². The molecule has 1 aromatic carbocycles. The first-order chi connectivity index (χ1) is 7.67. The van der Waals surface area contributed by atoms with Gasteiger partial charge in [-0.3, -0.25) is 0 Å². The van der Waals surface area contributed by atoms with Crippen LogP contribution in [0.1, 0.15) is 12.5 Å². The maximum absolute atomic E-state index is 11.4. The lowest BCUT2D eigenvalue weighted by molar-refractivity contribution is 0.252. The van der Waals surface area contributed by atoms with Gasteiger partial charge in [0.1, 0.15) is 0 Å². The highest BCUT2D eigenvalue weighted by atomic mass is 79.9. The van der Waals surface area contributed by atoms with E-state index in [4.69, 9.17) is 11.6 Å². The van der Waals surface area contributed by atoms with Crippen molar-refractivity contribution >= 4 is 39.2 Å². The fourth-order valence-corrected chi connectivity index (χ4v) is 1.81. The molecule has 0 aliphatic rings. The molecule has 0 radical (unpaired) electrons. The third-order valence-electron chi connectivity index (χ3n) is 2.08. The number of hydrogen-bond donors (Lipinski definition) is 2. The molecule has 0 aliphatic carbocycles. The molecule has 0 spiro atoms. The number of benzene rings is 1. The molecule has 0 saturated carbocycles. The molecule has 0 atom stereocenters. The predicted octanol–water partition coefficient (Wildman–Crippen LogP) is 3.37. The van der Waals surface area contributed by atoms with Crippen LogP contribution in [0.3, 0.4) is 0 Å². The number of amides is 2. The maximum atomic E-state index is 11.4. The van der Waals surface area contributed by atoms with E-state index in [1.165, 1.54) is 0 Å². The van der Waals surface area contributed by atoms with Crippen molar-refractivity contribution in [2.75, 3.05) is 17.7 Å². The monoisotopic (exact) mass is 304 g/mol. The van der Waals surface area contributed by atoms with Crippen molar-refractivity contribution < 1.29 is 4.79 Å². The highest BCUT2D eigenvalue weighted by Crippen LogP contribution is 2.21. The van der Waals surface area contributed by atoms with Crippen molar-refractivity contribution in [1.82, 2.24) is 5.32 Å². The van der Waals surface area contributed by atoms with Crippen LogP contribution in [0.2, 0.25) is 0 Å². The number of carbonyl (C=O) groups excluding carboxylic acids is 1. The van der Waals surface area contributed by atoms with E-state index in [2.05, 4.69) is 26.6 Å². The van der Waals surface area contributed by atoms with Gasteiger partial charge in [0.2, 0.25) is 0 Å². The van der Waals surface area contributed by atoms with E-state index in [1.807, 2.05) is 25.1 Å². The summed E-state index contributed by atoms with van der Waals surface area (Å²) in [6.45, 7) is 2.51. The Bertz CT molecular complexity index is 371. The standard InChI is InChI=1S/C11H14BrClN2O/c1-2-8-7-9(12)3-4-10(8)15-11(16)14-6-5-13/h3-4,7H,2,5-6H2,1H3,(H2,14,15,16). The Morgan fingerprint density at radius 3 is 2.88 bits per heavy atom. The first-order valence-electron chi connectivity index (χ1n) is 5.06. The second-order valence-corrected chi connectivity index (χ2v) is 4.52. The zero-order chi connectivity index (χ0) is 12.0. The first-order valence-corrected chi connectivity index (χ1v) is 6.39. The topological polar surface area (TPSA) is 41.1 Å². The van der Waals surface area contributed by atoms with E-state index >= 15 is 0 Å². The van der Waals surface area contributed by atoms with E-state index in [-0.39, 0.29) is 6.03 Å². The minimum Gasteiger partial charge on any atom is -0.337 e. The molecule has 16 heavy (non-hydrogen) atoms. The SMILES string of the molecule is CCc1cc(Br)ccc1NC(=O)NCCCl. The molecule has 1 rings (SSSR count). The van der Waals surface area contributed by atoms with Gasteiger partial charge in [0.05, 0.1) is 0 Å². The summed E-state index contributed by atoms with van der Waals surface area (Å²) >= 11 is 8.88. The van der Waals surface area contributed by atoms with Gasteiger partial charge in [-0.25, -0.2) is 4.79 Å². The molecule has 2 amide bonds. The number of carbonyl (C=O) groups is 1. The van der Waals surface area contributed by atoms with E-state index in [0.717, 1.165) is 22.1 Å². The van der Waals surface area contributed by atoms with Gasteiger partial charge in [-0.2, -0.15) is 0 Å². The van der Waals surface area contributed by atoms with E-state index in [0.29, 0.717) is 12.4 Å². The molecule has 3 nitrogen and oxygen atoms in total. The molecule has 2 N–H and O–H groups in total. The number of rotatable bonds is 4. The molecular weight excluding hydrogens is 291 g/mol. The fourth-order valence-electron chi connectivity index (χ4n) is 1.30. The first kappa shape index (κ1) is 13.3. The minimum absolute atomic E-state index is 0.224. The Balaban J connectivity index is 2.69. The number of nitrogens with one attached hydrogen (secondary N) is 2. The third-order valence-corrected chi connectivity index (χ3v) is 2.76. The molecule has 0 aliphatic heterocycles. The number of urea groups is 1. The molecule has 0 unspecified atom stereocenters. The van der Waals surface area contributed by atoms with Crippen molar-refractivity contribution in [1.29, 1.82) is 0 Å². The molecule has 88 valence electrons. The normalized spacial score (nSPS) is 9.94. The van der Waals surface area contributed by atoms with Crippen molar-refractivity contribution in [2.24, 2.45) is 0 Å². The van der Waals surface area contributed by atoms with E-state index < -0.39 is 0 Å². The van der Waals surface area contributed by atoms with Gasteiger partial charge in [-0.1, -0.05) is 22.9 Å². The van der Waals surface area contributed by atoms with Crippen molar-refractivity contribution in [2.45, 2.75) is 13.3 Å². The van der Waals surface area contributed by atoms with Crippen LogP contribution in [-0.4, -0.2) is 18.5 Å². The second-order valence-electron chi connectivity index (χ2n) is 3.22. The number of aryl methyl sites for hydroxylation is 1. The molecule has 0 bridgehead atoms. The highest BCUT2D eigenvalue weighted by Gasteiger charge is 2.05. The Morgan fingerprint density at radius 1 is 1.50 bits per heavy atom. The maximum Gasteiger partial charge on any atom is 0.319 e. The summed E-state index contributed by atoms with van der Waals surface area (Å²) in [4.78, 5) is 11.4. The lowest BCUT2D eigenvalue weighted by Gasteiger charge is -2.10. The van der Waals surface area contributed by atoms with Gasteiger partial charge < -0.3 is 10.6 Å². The van der Waals surface area contributed by atoms with Gasteiger partial charge in [0.25, 0.3) is 0 Å². The van der Waals surface area contributed by atoms with Gasteiger partial charge in [0, 0.05) is 22.6 Å². The second kappa shape index (κ2) is 6.76. The number of halogens is 2. The van der Waals surface area contributed by atoms with Gasteiger partial charge in [-0.15, -0.1) is 11.6 Å². The zero-order valence-corrected chi connectivity index (χ0v) is 11.4. The van der Waals surface area contributed by atoms with Crippen LogP contribution in [0.5, 0.6) is 0 Å². The molecule has 5 heteroatoms. The van der Waals surface area contributed by atoms with Gasteiger partial charge >= 0.3 is 6.03 Å². The average Bonchev–Trinajstić information content (AvgIpc) is 2.28. The summed E-state index contributed by atoms with van der Waals surface area (Å²) in [5, 5.41) is 5.45. The Morgan fingerprint density at radius 2 is 2.25 bits per heavy atom. The quantitative estimate of drug-likeness (QED) is 0.823. The molecule has 0 fully saturated rings. The molecule has 0 saturated heterocycles. The summed E-state index contributed by atoms with van der Waals surface area (Å²) in [5.41, 5.74) is 1.92. The van der Waals surface area contributed by atoms with Crippen LogP contribution in [0.15, 0.2) is 22.7 Å². The Labute approximate surface area is 109 Å². The van der Waals surface area contributed by atoms with Crippen LogP contribution >= 0.6 is 27.5 Å². The molecular formula is C11H14BrClN2O. The molecule has 1 aromatic rings. The molecule has 0 heterocycles. The summed E-state index contributed by atoms with van der Waals surface area (Å²) < 4.78 is 1.01. The molecule has 0 aromatic heterocycles. The van der Waals surface area contributed by atoms with Crippen molar-refractivity contribution in [3.8, 4) is 0 Å². The van der Waals surface area contributed by atoms with Gasteiger partial charge in [-0.05, 0) is 30.2 Å². The predicted molar refractivity (Wildman–Crippen MR) is 71.3 cm³/mol. The van der Waals surface area contributed by atoms with E-state index in [9.17, 15) is 4.79 Å². The highest BCUT2D eigenvalue weighted by molar-refractivity contribution is 9.10. The largest absolute Gasteiger partial charge is 0.337 e. The Hall–Kier alpha value is -0.740. The lowest BCUT2D eigenvalue weighted by atomic mass is 10.1. The van der Waals surface area contributed by atoms with Gasteiger partial charge in [0.15, 0.2) is 0 Å². The van der Waals surface area contributed by atoms with E-state index in [1.54, 1.807) is 0 Å². The van der Waals surface area contributed by atoms with Crippen LogP contribution in [0, 0.1) is 0 Å². The summed E-state index contributed by atoms with van der Waals surface area (Å²) in [5.74, 6) is 0.411. The van der Waals surface area contributed by atoms with Crippen molar-refractivity contribution in [3.63, 3.8) is 0 Å². The smallest absolute Gasteiger partial charge is 0.319 e. The fraction of sp³-hybridized carbons (Fsp3) is 0.364.